The molecule has 0 bridgehead atoms. The second-order valence-electron chi connectivity index (χ2n) is 4.26. The van der Waals surface area contributed by atoms with E-state index in [-0.39, 0.29) is 5.82 Å². The highest BCUT2D eigenvalue weighted by Gasteiger charge is 2.09. The van der Waals surface area contributed by atoms with E-state index in [1.807, 2.05) is 43.8 Å². The molecule has 0 saturated heterocycles. The summed E-state index contributed by atoms with van der Waals surface area (Å²) in [5, 5.41) is 4.35. The molecule has 2 aromatic rings. The van der Waals surface area contributed by atoms with Crippen LogP contribution in [0.5, 0.6) is 0 Å². The number of hydrogen-bond acceptors (Lipinski definition) is 1. The SMILES string of the molecule is Cc1ccc(-c2ccn(C(C)C)n2)c(F)c1. The average Bonchev–Trinajstić information content (AvgIpc) is 2.66. The maximum atomic E-state index is 13.7. The summed E-state index contributed by atoms with van der Waals surface area (Å²) in [4.78, 5) is 0. The fourth-order valence-electron chi connectivity index (χ4n) is 1.60. The molecular weight excluding hydrogens is 203 g/mol. The van der Waals surface area contributed by atoms with E-state index in [9.17, 15) is 4.39 Å². The van der Waals surface area contributed by atoms with Gasteiger partial charge in [0.1, 0.15) is 5.82 Å². The molecular formula is C13H15FN2. The van der Waals surface area contributed by atoms with Gasteiger partial charge in [-0.2, -0.15) is 5.10 Å². The Bertz CT molecular complexity index is 500. The Labute approximate surface area is 94.7 Å². The Hall–Kier alpha value is -1.64. The monoisotopic (exact) mass is 218 g/mol. The van der Waals surface area contributed by atoms with E-state index in [0.29, 0.717) is 17.3 Å². The van der Waals surface area contributed by atoms with Crippen LogP contribution in [0.2, 0.25) is 0 Å². The van der Waals surface area contributed by atoms with Crippen molar-refractivity contribution in [2.75, 3.05) is 0 Å². The van der Waals surface area contributed by atoms with Crippen molar-refractivity contribution in [3.05, 3.63) is 41.8 Å². The predicted octanol–water partition coefficient (Wildman–Crippen LogP) is 3.58. The van der Waals surface area contributed by atoms with Crippen molar-refractivity contribution in [3.8, 4) is 11.3 Å². The van der Waals surface area contributed by atoms with Gasteiger partial charge in [0, 0.05) is 17.8 Å². The van der Waals surface area contributed by atoms with Gasteiger partial charge in [-0.3, -0.25) is 4.68 Å². The molecule has 0 unspecified atom stereocenters. The maximum Gasteiger partial charge on any atom is 0.132 e. The van der Waals surface area contributed by atoms with Gasteiger partial charge in [-0.1, -0.05) is 6.07 Å². The van der Waals surface area contributed by atoms with Crippen LogP contribution in [0.25, 0.3) is 11.3 Å². The number of aryl methyl sites for hydroxylation is 1. The summed E-state index contributed by atoms with van der Waals surface area (Å²) in [6.45, 7) is 5.96. The lowest BCUT2D eigenvalue weighted by atomic mass is 10.1. The van der Waals surface area contributed by atoms with Gasteiger partial charge in [0.2, 0.25) is 0 Å². The molecule has 0 aliphatic heterocycles. The molecule has 0 aliphatic rings. The molecule has 3 heteroatoms. The summed E-state index contributed by atoms with van der Waals surface area (Å²) in [6, 6.07) is 7.34. The lowest BCUT2D eigenvalue weighted by Gasteiger charge is -2.04. The largest absolute Gasteiger partial charge is 0.270 e. The molecule has 0 N–H and O–H groups in total. The van der Waals surface area contributed by atoms with Gasteiger partial charge in [-0.05, 0) is 44.5 Å². The average molecular weight is 218 g/mol. The van der Waals surface area contributed by atoms with Crippen molar-refractivity contribution in [1.29, 1.82) is 0 Å². The van der Waals surface area contributed by atoms with E-state index < -0.39 is 0 Å². The Morgan fingerprint density at radius 1 is 1.25 bits per heavy atom. The smallest absolute Gasteiger partial charge is 0.132 e. The third kappa shape index (κ3) is 1.98. The van der Waals surface area contributed by atoms with Gasteiger partial charge in [-0.15, -0.1) is 0 Å². The highest BCUT2D eigenvalue weighted by Crippen LogP contribution is 2.22. The van der Waals surface area contributed by atoms with Gasteiger partial charge in [0.05, 0.1) is 5.69 Å². The lowest BCUT2D eigenvalue weighted by Crippen LogP contribution is -2.01. The van der Waals surface area contributed by atoms with E-state index in [0.717, 1.165) is 5.56 Å². The lowest BCUT2D eigenvalue weighted by molar-refractivity contribution is 0.533. The summed E-state index contributed by atoms with van der Waals surface area (Å²) < 4.78 is 15.5. The molecule has 0 radical (unpaired) electrons. The minimum absolute atomic E-state index is 0.214. The zero-order chi connectivity index (χ0) is 11.7. The van der Waals surface area contributed by atoms with Crippen molar-refractivity contribution in [1.82, 2.24) is 9.78 Å². The number of halogens is 1. The quantitative estimate of drug-likeness (QED) is 0.753. The first kappa shape index (κ1) is 10.9. The molecule has 16 heavy (non-hydrogen) atoms. The highest BCUT2D eigenvalue weighted by atomic mass is 19.1. The van der Waals surface area contributed by atoms with E-state index in [1.165, 1.54) is 6.07 Å². The van der Waals surface area contributed by atoms with Crippen LogP contribution in [0.4, 0.5) is 4.39 Å². The van der Waals surface area contributed by atoms with E-state index in [1.54, 1.807) is 6.07 Å². The van der Waals surface area contributed by atoms with Crippen LogP contribution in [0.15, 0.2) is 30.5 Å². The summed E-state index contributed by atoms with van der Waals surface area (Å²) in [6.07, 6.45) is 1.87. The predicted molar refractivity (Wildman–Crippen MR) is 62.7 cm³/mol. The van der Waals surface area contributed by atoms with Crippen molar-refractivity contribution >= 4 is 0 Å². The minimum Gasteiger partial charge on any atom is -0.270 e. The number of aromatic nitrogens is 2. The third-order valence-corrected chi connectivity index (χ3v) is 2.54. The molecule has 84 valence electrons. The molecule has 0 saturated carbocycles. The summed E-state index contributed by atoms with van der Waals surface area (Å²) in [7, 11) is 0. The van der Waals surface area contributed by atoms with Gasteiger partial charge in [0.15, 0.2) is 0 Å². The van der Waals surface area contributed by atoms with Crippen LogP contribution in [-0.4, -0.2) is 9.78 Å². The number of nitrogens with zero attached hydrogens (tertiary/aromatic N) is 2. The van der Waals surface area contributed by atoms with Crippen LogP contribution in [0.3, 0.4) is 0 Å². The van der Waals surface area contributed by atoms with Gasteiger partial charge < -0.3 is 0 Å². The van der Waals surface area contributed by atoms with E-state index >= 15 is 0 Å². The van der Waals surface area contributed by atoms with Gasteiger partial charge in [-0.25, -0.2) is 4.39 Å². The molecule has 1 aromatic heterocycles. The molecule has 0 fully saturated rings. The molecule has 0 amide bonds. The van der Waals surface area contributed by atoms with E-state index in [4.69, 9.17) is 0 Å². The van der Waals surface area contributed by atoms with Crippen molar-refractivity contribution in [3.63, 3.8) is 0 Å². The van der Waals surface area contributed by atoms with Crippen molar-refractivity contribution < 1.29 is 4.39 Å². The molecule has 0 spiro atoms. The first-order chi connectivity index (χ1) is 7.58. The van der Waals surface area contributed by atoms with Crippen LogP contribution >= 0.6 is 0 Å². The molecule has 1 aromatic carbocycles. The van der Waals surface area contributed by atoms with Crippen molar-refractivity contribution in [2.24, 2.45) is 0 Å². The molecule has 2 nitrogen and oxygen atoms in total. The Kier molecular flexibility index (Phi) is 2.77. The zero-order valence-corrected chi connectivity index (χ0v) is 9.74. The van der Waals surface area contributed by atoms with Crippen LogP contribution < -0.4 is 0 Å². The Morgan fingerprint density at radius 2 is 2.00 bits per heavy atom. The van der Waals surface area contributed by atoms with Crippen LogP contribution in [0.1, 0.15) is 25.5 Å². The molecule has 0 aliphatic carbocycles. The number of rotatable bonds is 2. The topological polar surface area (TPSA) is 17.8 Å². The summed E-state index contributed by atoms with van der Waals surface area (Å²) in [5.74, 6) is -0.214. The van der Waals surface area contributed by atoms with Crippen molar-refractivity contribution in [2.45, 2.75) is 26.8 Å². The second-order valence-corrected chi connectivity index (χ2v) is 4.26. The van der Waals surface area contributed by atoms with Crippen LogP contribution in [-0.2, 0) is 0 Å². The number of benzene rings is 1. The minimum atomic E-state index is -0.214. The summed E-state index contributed by atoms with van der Waals surface area (Å²) in [5.41, 5.74) is 2.17. The normalized spacial score (nSPS) is 11.1. The first-order valence-corrected chi connectivity index (χ1v) is 5.39. The fourth-order valence-corrected chi connectivity index (χ4v) is 1.60. The Balaban J connectivity index is 2.42. The second kappa shape index (κ2) is 4.08. The highest BCUT2D eigenvalue weighted by molar-refractivity contribution is 5.59. The van der Waals surface area contributed by atoms with E-state index in [2.05, 4.69) is 5.10 Å². The zero-order valence-electron chi connectivity index (χ0n) is 9.74. The molecule has 2 rings (SSSR count). The Morgan fingerprint density at radius 3 is 2.56 bits per heavy atom. The van der Waals surface area contributed by atoms with Gasteiger partial charge >= 0.3 is 0 Å². The number of hydrogen-bond donors (Lipinski definition) is 0. The molecule has 0 atom stereocenters. The van der Waals surface area contributed by atoms with Crippen LogP contribution in [0, 0.1) is 12.7 Å². The fraction of sp³-hybridized carbons (Fsp3) is 0.308. The molecule has 1 heterocycles. The standard InChI is InChI=1S/C13H15FN2/c1-9(2)16-7-6-13(15-16)11-5-4-10(3)8-12(11)14/h4-9H,1-3H3. The first-order valence-electron chi connectivity index (χ1n) is 5.39. The third-order valence-electron chi connectivity index (χ3n) is 2.54. The maximum absolute atomic E-state index is 13.7. The summed E-state index contributed by atoms with van der Waals surface area (Å²) >= 11 is 0. The van der Waals surface area contributed by atoms with Gasteiger partial charge in [0.25, 0.3) is 0 Å².